The largest absolute Gasteiger partial charge is 0.359 e. The molecule has 0 saturated heterocycles. The van der Waals surface area contributed by atoms with Crippen LogP contribution in [-0.4, -0.2) is 22.4 Å². The molecule has 0 spiro atoms. The summed E-state index contributed by atoms with van der Waals surface area (Å²) in [5.74, 6) is 0.0438. The molecule has 0 saturated carbocycles. The zero-order chi connectivity index (χ0) is 16.2. The third kappa shape index (κ3) is 2.92. The van der Waals surface area contributed by atoms with Gasteiger partial charge in [-0.25, -0.2) is 0 Å². The number of hydrogen-bond donors (Lipinski definition) is 2. The van der Waals surface area contributed by atoms with Gasteiger partial charge in [0, 0.05) is 30.5 Å². The van der Waals surface area contributed by atoms with Crippen LogP contribution in [0.4, 0.5) is 0 Å². The normalized spacial score (nSPS) is 11.8. The molecule has 0 bridgehead atoms. The van der Waals surface area contributed by atoms with E-state index in [1.54, 1.807) is 30.7 Å². The SMILES string of the molecule is CC(CNC(=O)c1cccc2c(C#N)c[nH]c12)c1ccncc1. The van der Waals surface area contributed by atoms with E-state index < -0.39 is 0 Å². The van der Waals surface area contributed by atoms with Gasteiger partial charge in [0.25, 0.3) is 5.91 Å². The fourth-order valence-corrected chi connectivity index (χ4v) is 2.59. The Morgan fingerprint density at radius 2 is 2.13 bits per heavy atom. The number of benzene rings is 1. The second-order valence-electron chi connectivity index (χ2n) is 5.43. The molecule has 0 fully saturated rings. The van der Waals surface area contributed by atoms with Gasteiger partial charge in [-0.15, -0.1) is 0 Å². The summed E-state index contributed by atoms with van der Waals surface area (Å²) >= 11 is 0. The number of aromatic amines is 1. The number of hydrogen-bond acceptors (Lipinski definition) is 3. The van der Waals surface area contributed by atoms with Crippen LogP contribution in [-0.2, 0) is 0 Å². The molecule has 0 aliphatic heterocycles. The van der Waals surface area contributed by atoms with E-state index in [9.17, 15) is 4.79 Å². The second kappa shape index (κ2) is 6.32. The van der Waals surface area contributed by atoms with Crippen LogP contribution in [0, 0.1) is 11.3 Å². The van der Waals surface area contributed by atoms with E-state index in [0.29, 0.717) is 23.2 Å². The highest BCUT2D eigenvalue weighted by Gasteiger charge is 2.14. The highest BCUT2D eigenvalue weighted by Crippen LogP contribution is 2.21. The van der Waals surface area contributed by atoms with Gasteiger partial charge >= 0.3 is 0 Å². The molecule has 114 valence electrons. The van der Waals surface area contributed by atoms with Crippen molar-refractivity contribution in [1.29, 1.82) is 5.26 Å². The topological polar surface area (TPSA) is 81.6 Å². The Hall–Kier alpha value is -3.13. The van der Waals surface area contributed by atoms with Crippen molar-refractivity contribution in [3.63, 3.8) is 0 Å². The molecule has 23 heavy (non-hydrogen) atoms. The van der Waals surface area contributed by atoms with Crippen molar-refractivity contribution in [2.45, 2.75) is 12.8 Å². The van der Waals surface area contributed by atoms with Crippen LogP contribution in [0.1, 0.15) is 34.3 Å². The molecular formula is C18H16N4O. The maximum atomic E-state index is 12.5. The quantitative estimate of drug-likeness (QED) is 0.777. The number of nitriles is 1. The lowest BCUT2D eigenvalue weighted by Crippen LogP contribution is -2.27. The van der Waals surface area contributed by atoms with Gasteiger partial charge in [0.05, 0.1) is 16.6 Å². The van der Waals surface area contributed by atoms with E-state index >= 15 is 0 Å². The zero-order valence-corrected chi connectivity index (χ0v) is 12.7. The molecule has 1 amide bonds. The standard InChI is InChI=1S/C18H16N4O/c1-12(13-5-7-20-8-6-13)10-22-18(23)16-4-2-3-15-14(9-19)11-21-17(15)16/h2-8,11-12,21H,10H2,1H3,(H,22,23). The molecular weight excluding hydrogens is 288 g/mol. The van der Waals surface area contributed by atoms with Gasteiger partial charge in [-0.1, -0.05) is 19.1 Å². The number of para-hydroxylation sites is 1. The predicted octanol–water partition coefficient (Wildman–Crippen LogP) is 2.97. The van der Waals surface area contributed by atoms with Crippen molar-refractivity contribution < 1.29 is 4.79 Å². The lowest BCUT2D eigenvalue weighted by molar-refractivity contribution is 0.0953. The summed E-state index contributed by atoms with van der Waals surface area (Å²) in [5, 5.41) is 12.8. The van der Waals surface area contributed by atoms with E-state index in [1.807, 2.05) is 18.2 Å². The number of pyridine rings is 1. The Kier molecular flexibility index (Phi) is 4.07. The zero-order valence-electron chi connectivity index (χ0n) is 12.7. The molecule has 2 heterocycles. The minimum atomic E-state index is -0.150. The second-order valence-corrected chi connectivity index (χ2v) is 5.43. The molecule has 2 N–H and O–H groups in total. The maximum Gasteiger partial charge on any atom is 0.253 e. The van der Waals surface area contributed by atoms with Crippen molar-refractivity contribution in [3.8, 4) is 6.07 Å². The Bertz CT molecular complexity index is 877. The molecule has 0 aliphatic rings. The minimum Gasteiger partial charge on any atom is -0.359 e. The fourth-order valence-electron chi connectivity index (χ4n) is 2.59. The molecule has 5 nitrogen and oxygen atoms in total. The molecule has 2 aromatic heterocycles. The first kappa shape index (κ1) is 14.8. The lowest BCUT2D eigenvalue weighted by Gasteiger charge is -2.13. The van der Waals surface area contributed by atoms with Crippen LogP contribution < -0.4 is 5.32 Å². The highest BCUT2D eigenvalue weighted by molar-refractivity contribution is 6.06. The van der Waals surface area contributed by atoms with Gasteiger partial charge in [0.2, 0.25) is 0 Å². The van der Waals surface area contributed by atoms with Crippen molar-refractivity contribution in [1.82, 2.24) is 15.3 Å². The molecule has 1 atom stereocenters. The van der Waals surface area contributed by atoms with E-state index in [-0.39, 0.29) is 11.8 Å². The van der Waals surface area contributed by atoms with Crippen LogP contribution >= 0.6 is 0 Å². The highest BCUT2D eigenvalue weighted by atomic mass is 16.1. The average molecular weight is 304 g/mol. The molecule has 3 aromatic rings. The van der Waals surface area contributed by atoms with Crippen LogP contribution in [0.15, 0.2) is 48.9 Å². The molecule has 1 aromatic carbocycles. The van der Waals surface area contributed by atoms with Gasteiger partial charge in [-0.3, -0.25) is 9.78 Å². The summed E-state index contributed by atoms with van der Waals surface area (Å²) in [6, 6.07) is 11.4. The number of H-pyrrole nitrogens is 1. The van der Waals surface area contributed by atoms with E-state index in [4.69, 9.17) is 5.26 Å². The number of aromatic nitrogens is 2. The minimum absolute atomic E-state index is 0.150. The number of fused-ring (bicyclic) bond motifs is 1. The Balaban J connectivity index is 1.77. The van der Waals surface area contributed by atoms with Crippen molar-refractivity contribution in [2.75, 3.05) is 6.54 Å². The Morgan fingerprint density at radius 1 is 1.35 bits per heavy atom. The van der Waals surface area contributed by atoms with Gasteiger partial charge in [0.15, 0.2) is 0 Å². The molecule has 0 aliphatic carbocycles. The van der Waals surface area contributed by atoms with Crippen molar-refractivity contribution >= 4 is 16.8 Å². The summed E-state index contributed by atoms with van der Waals surface area (Å²) in [6.07, 6.45) is 5.12. The first-order valence-corrected chi connectivity index (χ1v) is 7.39. The molecule has 0 radical (unpaired) electrons. The summed E-state index contributed by atoms with van der Waals surface area (Å²) in [4.78, 5) is 19.5. The summed E-state index contributed by atoms with van der Waals surface area (Å²) in [6.45, 7) is 2.59. The van der Waals surface area contributed by atoms with Crippen LogP contribution in [0.25, 0.3) is 10.9 Å². The average Bonchev–Trinajstić information content (AvgIpc) is 3.03. The van der Waals surface area contributed by atoms with Gasteiger partial charge in [-0.2, -0.15) is 5.26 Å². The maximum absolute atomic E-state index is 12.5. The number of amides is 1. The lowest BCUT2D eigenvalue weighted by atomic mass is 10.0. The summed E-state index contributed by atoms with van der Waals surface area (Å²) in [7, 11) is 0. The van der Waals surface area contributed by atoms with Gasteiger partial charge in [0.1, 0.15) is 6.07 Å². The van der Waals surface area contributed by atoms with E-state index in [1.165, 1.54) is 0 Å². The fraction of sp³-hybridized carbons (Fsp3) is 0.167. The van der Waals surface area contributed by atoms with E-state index in [2.05, 4.69) is 28.3 Å². The van der Waals surface area contributed by atoms with Crippen LogP contribution in [0.2, 0.25) is 0 Å². The number of carbonyl (C=O) groups is 1. The summed E-state index contributed by atoms with van der Waals surface area (Å²) in [5.41, 5.74) is 2.91. The number of carbonyl (C=O) groups excluding carboxylic acids is 1. The van der Waals surface area contributed by atoms with Crippen LogP contribution in [0.5, 0.6) is 0 Å². The van der Waals surface area contributed by atoms with Crippen LogP contribution in [0.3, 0.4) is 0 Å². The third-order valence-electron chi connectivity index (χ3n) is 3.92. The predicted molar refractivity (Wildman–Crippen MR) is 88.0 cm³/mol. The molecule has 1 unspecified atom stereocenters. The van der Waals surface area contributed by atoms with Crippen molar-refractivity contribution in [2.24, 2.45) is 0 Å². The van der Waals surface area contributed by atoms with Gasteiger partial charge < -0.3 is 10.3 Å². The smallest absolute Gasteiger partial charge is 0.253 e. The van der Waals surface area contributed by atoms with E-state index in [0.717, 1.165) is 10.9 Å². The van der Waals surface area contributed by atoms with Gasteiger partial charge in [-0.05, 0) is 29.7 Å². The monoisotopic (exact) mass is 304 g/mol. The third-order valence-corrected chi connectivity index (χ3v) is 3.92. The molecule has 3 rings (SSSR count). The Labute approximate surface area is 134 Å². The first-order chi connectivity index (χ1) is 11.2. The summed E-state index contributed by atoms with van der Waals surface area (Å²) < 4.78 is 0. The first-order valence-electron chi connectivity index (χ1n) is 7.39. The number of nitrogens with one attached hydrogen (secondary N) is 2. The van der Waals surface area contributed by atoms with Crippen molar-refractivity contribution in [3.05, 3.63) is 65.6 Å². The number of rotatable bonds is 4. The molecule has 5 heteroatoms. The number of nitrogens with zero attached hydrogens (tertiary/aromatic N) is 2. The Morgan fingerprint density at radius 3 is 2.87 bits per heavy atom.